The molecule has 0 aliphatic carbocycles. The highest BCUT2D eigenvalue weighted by Gasteiger charge is 2.28. The molecule has 1 fully saturated rings. The van der Waals surface area contributed by atoms with Crippen molar-refractivity contribution >= 4 is 40.2 Å². The molecule has 3 N–H and O–H groups in total. The fraction of sp³-hybridized carbons (Fsp3) is 0.529. The van der Waals surface area contributed by atoms with E-state index in [0.29, 0.717) is 31.9 Å². The Labute approximate surface area is 163 Å². The van der Waals surface area contributed by atoms with Crippen molar-refractivity contribution in [3.05, 3.63) is 28.2 Å². The highest BCUT2D eigenvalue weighted by molar-refractivity contribution is 9.10. The average molecular weight is 435 g/mol. The van der Waals surface area contributed by atoms with Crippen LogP contribution in [0.2, 0.25) is 0 Å². The van der Waals surface area contributed by atoms with Crippen LogP contribution in [0.4, 0.5) is 0 Å². The monoisotopic (exact) mass is 433 g/mol. The predicted octanol–water partition coefficient (Wildman–Crippen LogP) is 1.74. The van der Waals surface area contributed by atoms with Crippen LogP contribution in [0.15, 0.2) is 22.7 Å². The minimum Gasteiger partial charge on any atom is -0.496 e. The molecule has 1 aromatic carbocycles. The first kappa shape index (κ1) is 21.7. The first-order chi connectivity index (χ1) is 11.5. The Balaban J connectivity index is 0.00000312. The second kappa shape index (κ2) is 10.6. The van der Waals surface area contributed by atoms with Gasteiger partial charge < -0.3 is 20.7 Å². The maximum absolute atomic E-state index is 12.6. The molecule has 1 aliphatic heterocycles. The Kier molecular flexibility index (Phi) is 9.24. The van der Waals surface area contributed by atoms with Gasteiger partial charge in [-0.1, -0.05) is 15.9 Å². The molecule has 0 bridgehead atoms. The van der Waals surface area contributed by atoms with Gasteiger partial charge in [0.1, 0.15) is 5.75 Å². The smallest absolute Gasteiger partial charge is 0.227 e. The number of piperidine rings is 1. The molecule has 1 aliphatic rings. The van der Waals surface area contributed by atoms with Crippen molar-refractivity contribution in [2.45, 2.75) is 19.3 Å². The van der Waals surface area contributed by atoms with Crippen LogP contribution in [0.25, 0.3) is 0 Å². The van der Waals surface area contributed by atoms with Gasteiger partial charge in [0.25, 0.3) is 0 Å². The number of carbonyl (C=O) groups is 2. The standard InChI is InChI=1S/C17H24BrN3O3.ClH/c1-24-15-5-4-14(18)9-13(15)10-16(22)21-8-2-3-12(11-21)17(23)20-7-6-19;/h4-5,9,12H,2-3,6-8,10-11,19H2,1H3,(H,20,23);1H. The number of nitrogens with zero attached hydrogens (tertiary/aromatic N) is 1. The molecular formula is C17H25BrClN3O3. The van der Waals surface area contributed by atoms with E-state index in [1.165, 1.54) is 0 Å². The predicted molar refractivity (Wildman–Crippen MR) is 103 cm³/mol. The van der Waals surface area contributed by atoms with Crippen LogP contribution < -0.4 is 15.8 Å². The van der Waals surface area contributed by atoms with Crippen molar-refractivity contribution in [2.75, 3.05) is 33.3 Å². The topological polar surface area (TPSA) is 84.7 Å². The summed E-state index contributed by atoms with van der Waals surface area (Å²) >= 11 is 3.42. The van der Waals surface area contributed by atoms with E-state index in [4.69, 9.17) is 10.5 Å². The number of nitrogens with two attached hydrogens (primary N) is 1. The highest BCUT2D eigenvalue weighted by Crippen LogP contribution is 2.25. The summed E-state index contributed by atoms with van der Waals surface area (Å²) in [5.41, 5.74) is 6.25. The van der Waals surface area contributed by atoms with Crippen molar-refractivity contribution in [2.24, 2.45) is 11.7 Å². The van der Waals surface area contributed by atoms with Crippen LogP contribution >= 0.6 is 28.3 Å². The molecule has 0 saturated carbocycles. The van der Waals surface area contributed by atoms with Gasteiger partial charge in [0.05, 0.1) is 19.4 Å². The fourth-order valence-corrected chi connectivity index (χ4v) is 3.33. The van der Waals surface area contributed by atoms with Crippen molar-refractivity contribution in [3.63, 3.8) is 0 Å². The number of nitrogens with one attached hydrogen (secondary N) is 1. The summed E-state index contributed by atoms with van der Waals surface area (Å²) in [6, 6.07) is 5.61. The lowest BCUT2D eigenvalue weighted by Crippen LogP contribution is -2.46. The number of rotatable bonds is 6. The first-order valence-corrected chi connectivity index (χ1v) is 8.92. The lowest BCUT2D eigenvalue weighted by molar-refractivity contribution is -0.135. The molecular weight excluding hydrogens is 410 g/mol. The molecule has 0 aromatic heterocycles. The Morgan fingerprint density at radius 2 is 2.20 bits per heavy atom. The zero-order valence-corrected chi connectivity index (χ0v) is 16.7. The molecule has 0 radical (unpaired) electrons. The van der Waals surface area contributed by atoms with E-state index in [2.05, 4.69) is 21.2 Å². The largest absolute Gasteiger partial charge is 0.496 e. The summed E-state index contributed by atoms with van der Waals surface area (Å²) in [5, 5.41) is 2.81. The van der Waals surface area contributed by atoms with Gasteiger partial charge in [-0.2, -0.15) is 0 Å². The Morgan fingerprint density at radius 1 is 1.44 bits per heavy atom. The quantitative estimate of drug-likeness (QED) is 0.714. The van der Waals surface area contributed by atoms with Gasteiger partial charge in [0.15, 0.2) is 0 Å². The van der Waals surface area contributed by atoms with Crippen LogP contribution in [0, 0.1) is 5.92 Å². The zero-order chi connectivity index (χ0) is 17.5. The molecule has 8 heteroatoms. The summed E-state index contributed by atoms with van der Waals surface area (Å²) in [6.45, 7) is 2.05. The Bertz CT molecular complexity index is 601. The molecule has 0 spiro atoms. The number of amides is 2. The summed E-state index contributed by atoms with van der Waals surface area (Å²) in [7, 11) is 1.59. The highest BCUT2D eigenvalue weighted by atomic mass is 79.9. The van der Waals surface area contributed by atoms with Crippen LogP contribution in [0.5, 0.6) is 5.75 Å². The van der Waals surface area contributed by atoms with E-state index in [1.807, 2.05) is 18.2 Å². The molecule has 1 aromatic rings. The van der Waals surface area contributed by atoms with Gasteiger partial charge in [-0.05, 0) is 31.0 Å². The maximum atomic E-state index is 12.6. The molecule has 2 rings (SSSR count). The number of hydrogen-bond acceptors (Lipinski definition) is 4. The molecule has 1 saturated heterocycles. The van der Waals surface area contributed by atoms with E-state index in [0.717, 1.165) is 22.9 Å². The van der Waals surface area contributed by atoms with Crippen molar-refractivity contribution in [3.8, 4) is 5.75 Å². The number of halogens is 2. The molecule has 1 heterocycles. The lowest BCUT2D eigenvalue weighted by atomic mass is 9.96. The summed E-state index contributed by atoms with van der Waals surface area (Å²) < 4.78 is 6.23. The third-order valence-corrected chi connectivity index (χ3v) is 4.67. The summed E-state index contributed by atoms with van der Waals surface area (Å²) in [4.78, 5) is 26.5. The first-order valence-electron chi connectivity index (χ1n) is 8.13. The SMILES string of the molecule is COc1ccc(Br)cc1CC(=O)N1CCCC(C(=O)NCCN)C1.Cl. The van der Waals surface area contributed by atoms with Crippen LogP contribution in [-0.2, 0) is 16.0 Å². The number of hydrogen-bond donors (Lipinski definition) is 2. The maximum Gasteiger partial charge on any atom is 0.227 e. The van der Waals surface area contributed by atoms with E-state index in [1.54, 1.807) is 12.0 Å². The fourth-order valence-electron chi connectivity index (χ4n) is 2.92. The molecule has 140 valence electrons. The Morgan fingerprint density at radius 3 is 2.88 bits per heavy atom. The lowest BCUT2D eigenvalue weighted by Gasteiger charge is -2.32. The number of likely N-dealkylation sites (tertiary alicyclic amines) is 1. The number of ether oxygens (including phenoxy) is 1. The van der Waals surface area contributed by atoms with Crippen LogP contribution in [0.1, 0.15) is 18.4 Å². The summed E-state index contributed by atoms with van der Waals surface area (Å²) in [5.74, 6) is 0.542. The second-order valence-electron chi connectivity index (χ2n) is 5.89. The molecule has 1 atom stereocenters. The summed E-state index contributed by atoms with van der Waals surface area (Å²) in [6.07, 6.45) is 1.90. The van der Waals surface area contributed by atoms with Crippen molar-refractivity contribution in [1.82, 2.24) is 10.2 Å². The Hall–Kier alpha value is -1.31. The van der Waals surface area contributed by atoms with Gasteiger partial charge >= 0.3 is 0 Å². The minimum absolute atomic E-state index is 0. The van der Waals surface area contributed by atoms with Gasteiger partial charge in [-0.25, -0.2) is 0 Å². The third-order valence-electron chi connectivity index (χ3n) is 4.17. The number of benzene rings is 1. The van der Waals surface area contributed by atoms with E-state index in [-0.39, 0.29) is 36.6 Å². The molecule has 6 nitrogen and oxygen atoms in total. The molecule has 25 heavy (non-hydrogen) atoms. The van der Waals surface area contributed by atoms with Crippen LogP contribution in [-0.4, -0.2) is 50.0 Å². The van der Waals surface area contributed by atoms with E-state index >= 15 is 0 Å². The van der Waals surface area contributed by atoms with Gasteiger partial charge in [0, 0.05) is 36.2 Å². The average Bonchev–Trinajstić information content (AvgIpc) is 2.60. The number of methoxy groups -OCH3 is 1. The van der Waals surface area contributed by atoms with Crippen molar-refractivity contribution < 1.29 is 14.3 Å². The zero-order valence-electron chi connectivity index (χ0n) is 14.3. The number of carbonyl (C=O) groups excluding carboxylic acids is 2. The van der Waals surface area contributed by atoms with Gasteiger partial charge in [-0.3, -0.25) is 9.59 Å². The second-order valence-corrected chi connectivity index (χ2v) is 6.81. The van der Waals surface area contributed by atoms with Gasteiger partial charge in [-0.15, -0.1) is 12.4 Å². The molecule has 2 amide bonds. The van der Waals surface area contributed by atoms with Crippen molar-refractivity contribution in [1.29, 1.82) is 0 Å². The van der Waals surface area contributed by atoms with Gasteiger partial charge in [0.2, 0.25) is 11.8 Å². The third kappa shape index (κ3) is 6.17. The van der Waals surface area contributed by atoms with E-state index < -0.39 is 0 Å². The minimum atomic E-state index is -0.154. The van der Waals surface area contributed by atoms with Crippen LogP contribution in [0.3, 0.4) is 0 Å². The molecule has 1 unspecified atom stereocenters. The normalized spacial score (nSPS) is 16.8. The van der Waals surface area contributed by atoms with E-state index in [9.17, 15) is 9.59 Å².